The van der Waals surface area contributed by atoms with E-state index in [1.807, 2.05) is 4.90 Å². The number of amides is 2. The Kier molecular flexibility index (Phi) is 5.21. The molecule has 2 heterocycles. The first-order valence-corrected chi connectivity index (χ1v) is 9.22. The van der Waals surface area contributed by atoms with Crippen LogP contribution >= 0.6 is 0 Å². The molecule has 2 aromatic rings. The summed E-state index contributed by atoms with van der Waals surface area (Å²) in [7, 11) is 0. The topological polar surface area (TPSA) is 59.1 Å². The minimum atomic E-state index is -4.83. The summed E-state index contributed by atoms with van der Waals surface area (Å²) in [6.07, 6.45) is -4.83. The van der Waals surface area contributed by atoms with E-state index >= 15 is 0 Å². The predicted octanol–water partition coefficient (Wildman–Crippen LogP) is 3.20. The minimum Gasteiger partial charge on any atom is -0.406 e. The van der Waals surface area contributed by atoms with Gasteiger partial charge >= 0.3 is 6.36 Å². The Morgan fingerprint density at radius 3 is 2.10 bits per heavy atom. The van der Waals surface area contributed by atoms with Crippen LogP contribution in [0.2, 0.25) is 0 Å². The van der Waals surface area contributed by atoms with E-state index in [9.17, 15) is 22.8 Å². The molecule has 2 aromatic carbocycles. The number of carbonyl (C=O) groups excluding carboxylic acids is 2. The molecule has 1 saturated heterocycles. The zero-order chi connectivity index (χ0) is 21.3. The number of hydrogen-bond donors (Lipinski definition) is 0. The van der Waals surface area contributed by atoms with Gasteiger partial charge in [-0.05, 0) is 29.8 Å². The third kappa shape index (κ3) is 3.88. The molecule has 0 aliphatic carbocycles. The Labute approximate surface area is 170 Å². The summed E-state index contributed by atoms with van der Waals surface area (Å²) < 4.78 is 46.4. The van der Waals surface area contributed by atoms with Crippen LogP contribution < -0.4 is 9.64 Å². The van der Waals surface area contributed by atoms with Gasteiger partial charge in [0.1, 0.15) is 11.4 Å². The van der Waals surface area contributed by atoms with Crippen molar-refractivity contribution in [3.05, 3.63) is 65.9 Å². The summed E-state index contributed by atoms with van der Waals surface area (Å²) in [5, 5.41) is 0. The van der Waals surface area contributed by atoms with E-state index in [1.54, 1.807) is 30.3 Å². The Morgan fingerprint density at radius 2 is 1.50 bits per heavy atom. The van der Waals surface area contributed by atoms with Gasteiger partial charge in [-0.2, -0.15) is 0 Å². The molecule has 4 rings (SSSR count). The number of rotatable bonds is 4. The third-order valence-electron chi connectivity index (χ3n) is 4.78. The number of halogens is 3. The van der Waals surface area contributed by atoms with Crippen molar-refractivity contribution in [3.8, 4) is 5.75 Å². The molecule has 2 amide bonds. The fourth-order valence-corrected chi connectivity index (χ4v) is 3.49. The van der Waals surface area contributed by atoms with E-state index in [0.717, 1.165) is 17.0 Å². The first-order chi connectivity index (χ1) is 14.3. The van der Waals surface area contributed by atoms with Gasteiger partial charge < -0.3 is 14.4 Å². The van der Waals surface area contributed by atoms with Crippen LogP contribution in [0.5, 0.6) is 5.75 Å². The molecule has 0 N–H and O–H groups in total. The zero-order valence-corrected chi connectivity index (χ0v) is 15.7. The number of imide groups is 1. The second kappa shape index (κ2) is 7.83. The number of nitrogens with zero attached hydrogens (tertiary/aromatic N) is 2. The molecule has 2 aliphatic rings. The van der Waals surface area contributed by atoms with Gasteiger partial charge in [0.2, 0.25) is 0 Å². The van der Waals surface area contributed by atoms with Gasteiger partial charge in [-0.15, -0.1) is 13.2 Å². The van der Waals surface area contributed by atoms with Crippen molar-refractivity contribution in [2.45, 2.75) is 6.36 Å². The molecule has 0 spiro atoms. The lowest BCUT2D eigenvalue weighted by atomic mass is 10.0. The van der Waals surface area contributed by atoms with Crippen molar-refractivity contribution >= 4 is 23.1 Å². The Balaban J connectivity index is 1.70. The maximum absolute atomic E-state index is 13.3. The minimum absolute atomic E-state index is 0.163. The predicted molar refractivity (Wildman–Crippen MR) is 101 cm³/mol. The number of benzene rings is 2. The molecule has 0 radical (unpaired) electrons. The number of alkyl halides is 3. The standard InChI is InChI=1S/C21H17F3N2O4/c22-21(23,24)30-16-8-6-15(7-9-16)26-19(27)17(14-4-2-1-3-5-14)18(20(26)28)25-10-12-29-13-11-25/h1-9H,10-13H2. The normalized spacial score (nSPS) is 17.7. The fourth-order valence-electron chi connectivity index (χ4n) is 3.49. The Bertz CT molecular complexity index is 982. The molecule has 2 aliphatic heterocycles. The van der Waals surface area contributed by atoms with Crippen LogP contribution in [0.3, 0.4) is 0 Å². The summed E-state index contributed by atoms with van der Waals surface area (Å²) in [5.41, 5.74) is 1.29. The van der Waals surface area contributed by atoms with Crippen molar-refractivity contribution in [2.24, 2.45) is 0 Å². The van der Waals surface area contributed by atoms with E-state index < -0.39 is 23.9 Å². The lowest BCUT2D eigenvalue weighted by Gasteiger charge is -2.29. The molecular weight excluding hydrogens is 401 g/mol. The van der Waals surface area contributed by atoms with Gasteiger partial charge in [-0.25, -0.2) is 4.90 Å². The summed E-state index contributed by atoms with van der Waals surface area (Å²) in [6.45, 7) is 1.76. The number of ether oxygens (including phenoxy) is 2. The Hall–Kier alpha value is -3.33. The van der Waals surface area contributed by atoms with Crippen LogP contribution in [0.25, 0.3) is 5.57 Å². The molecule has 0 bridgehead atoms. The van der Waals surface area contributed by atoms with Crippen molar-refractivity contribution in [1.29, 1.82) is 0 Å². The average Bonchev–Trinajstić information content (AvgIpc) is 2.99. The summed E-state index contributed by atoms with van der Waals surface area (Å²) in [6, 6.07) is 13.5. The van der Waals surface area contributed by atoms with E-state index in [4.69, 9.17) is 4.74 Å². The molecule has 0 atom stereocenters. The highest BCUT2D eigenvalue weighted by atomic mass is 19.4. The van der Waals surface area contributed by atoms with Crippen molar-refractivity contribution in [3.63, 3.8) is 0 Å². The highest BCUT2D eigenvalue weighted by Gasteiger charge is 2.42. The number of hydrogen-bond acceptors (Lipinski definition) is 5. The Morgan fingerprint density at radius 1 is 0.867 bits per heavy atom. The van der Waals surface area contributed by atoms with E-state index in [2.05, 4.69) is 4.74 Å². The van der Waals surface area contributed by atoms with Gasteiger partial charge in [0.15, 0.2) is 0 Å². The third-order valence-corrected chi connectivity index (χ3v) is 4.78. The summed E-state index contributed by atoms with van der Waals surface area (Å²) in [4.78, 5) is 29.3. The van der Waals surface area contributed by atoms with Gasteiger partial charge in [0, 0.05) is 13.1 Å². The molecule has 0 unspecified atom stereocenters. The molecule has 6 nitrogen and oxygen atoms in total. The summed E-state index contributed by atoms with van der Waals surface area (Å²) in [5.74, 6) is -1.49. The van der Waals surface area contributed by atoms with Crippen LogP contribution in [0, 0.1) is 0 Å². The fraction of sp³-hybridized carbons (Fsp3) is 0.238. The van der Waals surface area contributed by atoms with Gasteiger partial charge in [-0.3, -0.25) is 9.59 Å². The molecule has 9 heteroatoms. The molecule has 1 fully saturated rings. The van der Waals surface area contributed by atoms with Crippen LogP contribution in [0.4, 0.5) is 18.9 Å². The number of anilines is 1. The largest absolute Gasteiger partial charge is 0.573 e. The van der Waals surface area contributed by atoms with Crippen molar-refractivity contribution < 1.29 is 32.2 Å². The van der Waals surface area contributed by atoms with Crippen LogP contribution in [0.1, 0.15) is 5.56 Å². The van der Waals surface area contributed by atoms with Crippen molar-refractivity contribution in [2.75, 3.05) is 31.2 Å². The SMILES string of the molecule is O=C1C(c2ccccc2)=C(N2CCOCC2)C(=O)N1c1ccc(OC(F)(F)F)cc1. The summed E-state index contributed by atoms with van der Waals surface area (Å²) >= 11 is 0. The zero-order valence-electron chi connectivity index (χ0n) is 15.7. The first-order valence-electron chi connectivity index (χ1n) is 9.22. The second-order valence-electron chi connectivity index (χ2n) is 6.68. The molecule has 0 saturated carbocycles. The van der Waals surface area contributed by atoms with E-state index in [0.29, 0.717) is 31.9 Å². The lowest BCUT2D eigenvalue weighted by molar-refractivity contribution is -0.274. The van der Waals surface area contributed by atoms with Crippen LogP contribution in [0.15, 0.2) is 60.3 Å². The second-order valence-corrected chi connectivity index (χ2v) is 6.68. The number of carbonyl (C=O) groups is 2. The van der Waals surface area contributed by atoms with Crippen LogP contribution in [-0.2, 0) is 14.3 Å². The van der Waals surface area contributed by atoms with E-state index in [1.165, 1.54) is 12.1 Å². The molecule has 30 heavy (non-hydrogen) atoms. The quantitative estimate of drug-likeness (QED) is 0.714. The van der Waals surface area contributed by atoms with Gasteiger partial charge in [0.05, 0.1) is 24.5 Å². The van der Waals surface area contributed by atoms with Crippen LogP contribution in [-0.4, -0.2) is 49.4 Å². The highest BCUT2D eigenvalue weighted by Crippen LogP contribution is 2.36. The molecular formula is C21H17F3N2O4. The first kappa shape index (κ1) is 20.0. The lowest BCUT2D eigenvalue weighted by Crippen LogP contribution is -2.40. The maximum Gasteiger partial charge on any atom is 0.573 e. The highest BCUT2D eigenvalue weighted by molar-refractivity contribution is 6.45. The molecule has 156 valence electrons. The smallest absolute Gasteiger partial charge is 0.406 e. The average molecular weight is 418 g/mol. The van der Waals surface area contributed by atoms with E-state index in [-0.39, 0.29) is 17.0 Å². The monoisotopic (exact) mass is 418 g/mol. The number of morpholine rings is 1. The van der Waals surface area contributed by atoms with Crippen molar-refractivity contribution in [1.82, 2.24) is 4.90 Å². The van der Waals surface area contributed by atoms with Gasteiger partial charge in [0.25, 0.3) is 11.8 Å². The van der Waals surface area contributed by atoms with Gasteiger partial charge in [-0.1, -0.05) is 30.3 Å². The molecule has 0 aromatic heterocycles. The maximum atomic E-state index is 13.3.